The van der Waals surface area contributed by atoms with Crippen LogP contribution < -0.4 is 4.90 Å². The fourth-order valence-corrected chi connectivity index (χ4v) is 3.46. The second-order valence-electron chi connectivity index (χ2n) is 7.76. The van der Waals surface area contributed by atoms with E-state index in [9.17, 15) is 9.90 Å². The minimum absolute atomic E-state index is 0.133. The lowest BCUT2D eigenvalue weighted by Crippen LogP contribution is -2.32. The Morgan fingerprint density at radius 1 is 1.16 bits per heavy atom. The van der Waals surface area contributed by atoms with E-state index >= 15 is 0 Å². The van der Waals surface area contributed by atoms with Gasteiger partial charge < -0.3 is 24.6 Å². The van der Waals surface area contributed by atoms with Crippen molar-refractivity contribution in [3.63, 3.8) is 0 Å². The van der Waals surface area contributed by atoms with Gasteiger partial charge in [0, 0.05) is 41.0 Å². The number of benzene rings is 2. The molecule has 0 aliphatic rings. The van der Waals surface area contributed by atoms with Crippen molar-refractivity contribution in [2.45, 2.75) is 24.0 Å². The Kier molecular flexibility index (Phi) is 13.5. The number of likely N-dealkylation sites (N-methyl/N-ethyl adjacent to an activating group) is 1. The molecular weight excluding hydrogens is 504 g/mol. The van der Waals surface area contributed by atoms with Gasteiger partial charge in [-0.2, -0.15) is 0 Å². The van der Waals surface area contributed by atoms with Crippen molar-refractivity contribution in [2.24, 2.45) is 5.11 Å². The number of ether oxygens (including phenoxy) is 2. The molecule has 12 nitrogen and oxygen atoms in total. The van der Waals surface area contributed by atoms with E-state index in [-0.39, 0.29) is 13.2 Å². The summed E-state index contributed by atoms with van der Waals surface area (Å²) in [5, 5.41) is 34.8. The van der Waals surface area contributed by atoms with Gasteiger partial charge in [0.2, 0.25) is 5.78 Å². The van der Waals surface area contributed by atoms with Gasteiger partial charge in [0.1, 0.15) is 0 Å². The summed E-state index contributed by atoms with van der Waals surface area (Å²) >= 11 is 0.634. The number of carbonyl (C=O) groups excluding carboxylic acids is 1. The van der Waals surface area contributed by atoms with Gasteiger partial charge in [0.05, 0.1) is 55.6 Å². The van der Waals surface area contributed by atoms with Crippen molar-refractivity contribution < 1.29 is 39.1 Å². The van der Waals surface area contributed by atoms with Crippen molar-refractivity contribution in [3.05, 3.63) is 64.0 Å². The molecule has 2 rings (SSSR count). The Hall–Kier alpha value is -3.15. The van der Waals surface area contributed by atoms with Gasteiger partial charge in [-0.25, -0.2) is 5.26 Å². The summed E-state index contributed by atoms with van der Waals surface area (Å²) in [7, 11) is 1.81. The van der Waals surface area contributed by atoms with Crippen LogP contribution in [0.3, 0.4) is 0 Å². The molecular formula is C24H28N4O8S. The molecule has 0 aliphatic carbocycles. The molecule has 0 spiro atoms. The summed E-state index contributed by atoms with van der Waals surface area (Å²) in [5.74, 6) is 4.87. The number of ketones is 1. The number of carbonyl (C=O) groups is 1. The van der Waals surface area contributed by atoms with Crippen molar-refractivity contribution in [2.75, 3.05) is 44.9 Å². The maximum Gasteiger partial charge on any atom is 0.236 e. The third-order valence-corrected chi connectivity index (χ3v) is 5.33. The first-order valence-electron chi connectivity index (χ1n) is 11.1. The Labute approximate surface area is 218 Å². The molecule has 3 N–H and O–H groups in total. The SMILES string of the molecule is CC(O)COCCOCC(O)CN(C)c1ccc(C(=O)C#Cc2ccc(N=[N+]=[N-])cc2SOOO)cc1. The van der Waals surface area contributed by atoms with Crippen LogP contribution in [0, 0.1) is 11.8 Å². The van der Waals surface area contributed by atoms with Crippen LogP contribution in [0.25, 0.3) is 10.4 Å². The molecule has 0 heterocycles. The quantitative estimate of drug-likeness (QED) is 0.0355. The fraction of sp³-hybridized carbons (Fsp3) is 0.375. The van der Waals surface area contributed by atoms with Gasteiger partial charge in [-0.1, -0.05) is 22.1 Å². The second kappa shape index (κ2) is 16.6. The molecule has 0 aromatic heterocycles. The van der Waals surface area contributed by atoms with Crippen LogP contribution in [0.1, 0.15) is 22.8 Å². The molecule has 0 aliphatic heterocycles. The molecule has 0 amide bonds. The van der Waals surface area contributed by atoms with Crippen LogP contribution in [0.15, 0.2) is 52.5 Å². The third kappa shape index (κ3) is 11.2. The zero-order valence-electron chi connectivity index (χ0n) is 20.3. The lowest BCUT2D eigenvalue weighted by molar-refractivity contribution is -0.432. The van der Waals surface area contributed by atoms with Crippen molar-refractivity contribution in [1.29, 1.82) is 0 Å². The number of aliphatic hydroxyl groups excluding tert-OH is 2. The maximum atomic E-state index is 12.6. The highest BCUT2D eigenvalue weighted by atomic mass is 32.2. The van der Waals surface area contributed by atoms with E-state index in [1.54, 1.807) is 37.3 Å². The Balaban J connectivity index is 1.93. The van der Waals surface area contributed by atoms with Crippen LogP contribution in [0.4, 0.5) is 11.4 Å². The molecule has 2 unspecified atom stereocenters. The zero-order chi connectivity index (χ0) is 27.0. The molecule has 0 saturated heterocycles. The highest BCUT2D eigenvalue weighted by Crippen LogP contribution is 2.28. The lowest BCUT2D eigenvalue weighted by atomic mass is 10.1. The van der Waals surface area contributed by atoms with Gasteiger partial charge in [-0.15, -0.1) is 4.33 Å². The molecule has 2 atom stereocenters. The second-order valence-corrected chi connectivity index (χ2v) is 8.50. The third-order valence-electron chi connectivity index (χ3n) is 4.69. The molecule has 0 saturated carbocycles. The fourth-order valence-electron chi connectivity index (χ4n) is 2.98. The van der Waals surface area contributed by atoms with E-state index in [1.807, 2.05) is 11.9 Å². The number of aliphatic hydroxyl groups is 2. The van der Waals surface area contributed by atoms with Gasteiger partial charge in [0.25, 0.3) is 0 Å². The standard InChI is InChI=1S/C24H28N4O8S/c1-17(29)15-33-11-12-34-16-22(30)14-28(2)21-8-4-18(5-9-21)23(31)10-6-19-3-7-20(26-27-25)13-24(19)37-36-35-32/h3-5,7-9,13,17,22,29-30,32H,11-12,14-16H2,1-2H3. The summed E-state index contributed by atoms with van der Waals surface area (Å²) in [5.41, 5.74) is 10.4. The van der Waals surface area contributed by atoms with E-state index in [4.69, 9.17) is 25.4 Å². The average Bonchev–Trinajstić information content (AvgIpc) is 2.88. The minimum Gasteiger partial charge on any atom is -0.391 e. The number of hydrogen-bond acceptors (Lipinski definition) is 11. The number of Topliss-reactive ketones (excluding diaryl/α,β-unsaturated/α-hetero) is 1. The predicted molar refractivity (Wildman–Crippen MR) is 136 cm³/mol. The Morgan fingerprint density at radius 3 is 2.51 bits per heavy atom. The normalized spacial score (nSPS) is 12.1. The van der Waals surface area contributed by atoms with Crippen LogP contribution in [0.5, 0.6) is 0 Å². The Morgan fingerprint density at radius 2 is 1.86 bits per heavy atom. The van der Waals surface area contributed by atoms with Crippen molar-refractivity contribution >= 4 is 29.2 Å². The van der Waals surface area contributed by atoms with E-state index in [1.165, 1.54) is 12.1 Å². The van der Waals surface area contributed by atoms with E-state index in [0.717, 1.165) is 5.69 Å². The molecule has 0 bridgehead atoms. The van der Waals surface area contributed by atoms with Crippen molar-refractivity contribution in [3.8, 4) is 11.8 Å². The predicted octanol–water partition coefficient (Wildman–Crippen LogP) is 3.50. The molecule has 0 fully saturated rings. The molecule has 13 heteroatoms. The highest BCUT2D eigenvalue weighted by molar-refractivity contribution is 7.94. The monoisotopic (exact) mass is 532 g/mol. The molecule has 198 valence electrons. The maximum absolute atomic E-state index is 12.6. The number of rotatable bonds is 15. The first kappa shape index (κ1) is 30.1. The Bertz CT molecular complexity index is 1110. The molecule has 2 aromatic rings. The van der Waals surface area contributed by atoms with Crippen LogP contribution in [-0.4, -0.2) is 73.5 Å². The number of hydrogen-bond donors (Lipinski definition) is 3. The molecule has 37 heavy (non-hydrogen) atoms. The summed E-state index contributed by atoms with van der Waals surface area (Å²) in [6, 6.07) is 11.3. The zero-order valence-corrected chi connectivity index (χ0v) is 21.1. The van der Waals surface area contributed by atoms with Gasteiger partial charge in [0.15, 0.2) is 0 Å². The first-order valence-corrected chi connectivity index (χ1v) is 11.8. The van der Waals surface area contributed by atoms with Gasteiger partial charge in [-0.3, -0.25) is 4.79 Å². The van der Waals surface area contributed by atoms with Crippen LogP contribution >= 0.6 is 12.0 Å². The lowest BCUT2D eigenvalue weighted by Gasteiger charge is -2.23. The number of nitrogens with zero attached hydrogens (tertiary/aromatic N) is 4. The molecule has 2 aromatic carbocycles. The van der Waals surface area contributed by atoms with E-state index in [0.29, 0.717) is 53.5 Å². The van der Waals surface area contributed by atoms with Gasteiger partial charge >= 0.3 is 0 Å². The average molecular weight is 533 g/mol. The highest BCUT2D eigenvalue weighted by Gasteiger charge is 2.11. The number of anilines is 1. The van der Waals surface area contributed by atoms with Crippen LogP contribution in [0.2, 0.25) is 0 Å². The van der Waals surface area contributed by atoms with E-state index in [2.05, 4.69) is 31.2 Å². The van der Waals surface area contributed by atoms with Gasteiger partial charge in [-0.05, 0) is 54.8 Å². The van der Waals surface area contributed by atoms with Crippen molar-refractivity contribution in [1.82, 2.24) is 0 Å². The largest absolute Gasteiger partial charge is 0.391 e. The summed E-state index contributed by atoms with van der Waals surface area (Å²) in [6.45, 7) is 2.96. The van der Waals surface area contributed by atoms with E-state index < -0.39 is 18.0 Å². The topological polar surface area (TPSA) is 167 Å². The summed E-state index contributed by atoms with van der Waals surface area (Å²) < 4.78 is 15.0. The summed E-state index contributed by atoms with van der Waals surface area (Å²) in [6.07, 6.45) is -1.26. The smallest absolute Gasteiger partial charge is 0.236 e. The summed E-state index contributed by atoms with van der Waals surface area (Å²) in [4.78, 5) is 17.5. The first-order chi connectivity index (χ1) is 17.8. The molecule has 0 radical (unpaired) electrons. The minimum atomic E-state index is -0.730. The van der Waals surface area contributed by atoms with Crippen LogP contribution in [-0.2, 0) is 18.8 Å². The number of azide groups is 1.